The van der Waals surface area contributed by atoms with E-state index in [-0.39, 0.29) is 5.91 Å². The Kier molecular flexibility index (Phi) is 4.62. The number of nitrogens with one attached hydrogen (secondary N) is 3. The first-order valence-corrected chi connectivity index (χ1v) is 8.70. The van der Waals surface area contributed by atoms with Crippen LogP contribution in [0.15, 0.2) is 42.5 Å². The zero-order chi connectivity index (χ0) is 19.7. The van der Waals surface area contributed by atoms with Crippen LogP contribution in [0.4, 0.5) is 5.82 Å². The van der Waals surface area contributed by atoms with E-state index in [4.69, 9.17) is 21.1 Å². The number of fused-ring (bicyclic) bond motifs is 1. The van der Waals surface area contributed by atoms with Gasteiger partial charge in [0.1, 0.15) is 22.7 Å². The van der Waals surface area contributed by atoms with Gasteiger partial charge >= 0.3 is 0 Å². The number of H-pyrrole nitrogens is 2. The summed E-state index contributed by atoms with van der Waals surface area (Å²) in [6.45, 7) is 0. The summed E-state index contributed by atoms with van der Waals surface area (Å²) >= 11 is 6.07. The first kappa shape index (κ1) is 17.9. The molecule has 4 aromatic rings. The minimum Gasteiger partial charge on any atom is -0.495 e. The molecule has 0 saturated heterocycles. The molecule has 142 valence electrons. The molecule has 0 atom stereocenters. The predicted molar refractivity (Wildman–Crippen MR) is 106 cm³/mol. The largest absolute Gasteiger partial charge is 0.495 e. The number of methoxy groups -OCH3 is 2. The Morgan fingerprint density at radius 1 is 1.11 bits per heavy atom. The maximum atomic E-state index is 12.4. The maximum absolute atomic E-state index is 12.4. The van der Waals surface area contributed by atoms with E-state index < -0.39 is 0 Å². The monoisotopic (exact) mass is 397 g/mol. The Bertz CT molecular complexity index is 1170. The highest BCUT2D eigenvalue weighted by atomic mass is 35.5. The third-order valence-electron chi connectivity index (χ3n) is 4.18. The minimum absolute atomic E-state index is 0.339. The van der Waals surface area contributed by atoms with Crippen LogP contribution in [0.2, 0.25) is 5.02 Å². The summed E-state index contributed by atoms with van der Waals surface area (Å²) in [5.41, 5.74) is 2.57. The lowest BCUT2D eigenvalue weighted by Gasteiger charge is -2.05. The standard InChI is InChI=1S/C19H16ClN5O3/c1-27-14-7-6-10(8-11(14)20)19(26)22-16-9-13(24-25-16)18-21-12-4-3-5-15(28-2)17(12)23-18/h3-9H,1-2H3,(H,21,23)(H2,22,24,25,26). The molecule has 9 heteroatoms. The molecule has 0 aliphatic rings. The van der Waals surface area contributed by atoms with Crippen molar-refractivity contribution in [3.05, 3.63) is 53.1 Å². The third kappa shape index (κ3) is 3.25. The van der Waals surface area contributed by atoms with Gasteiger partial charge < -0.3 is 19.8 Å². The second kappa shape index (κ2) is 7.24. The molecule has 2 aromatic carbocycles. The number of amides is 1. The van der Waals surface area contributed by atoms with E-state index >= 15 is 0 Å². The van der Waals surface area contributed by atoms with E-state index in [1.165, 1.54) is 13.2 Å². The first-order valence-electron chi connectivity index (χ1n) is 8.32. The molecule has 0 bridgehead atoms. The molecule has 0 unspecified atom stereocenters. The number of aromatic amines is 2. The fourth-order valence-electron chi connectivity index (χ4n) is 2.80. The number of carbonyl (C=O) groups excluding carboxylic acids is 1. The minimum atomic E-state index is -0.339. The number of nitrogens with zero attached hydrogens (tertiary/aromatic N) is 2. The summed E-state index contributed by atoms with van der Waals surface area (Å²) in [5, 5.41) is 10.1. The highest BCUT2D eigenvalue weighted by molar-refractivity contribution is 6.32. The summed E-state index contributed by atoms with van der Waals surface area (Å²) in [5.74, 6) is 1.78. The van der Waals surface area contributed by atoms with Crippen LogP contribution in [0.3, 0.4) is 0 Å². The van der Waals surface area contributed by atoms with Gasteiger partial charge in [-0.1, -0.05) is 17.7 Å². The van der Waals surface area contributed by atoms with Crippen LogP contribution in [0, 0.1) is 0 Å². The van der Waals surface area contributed by atoms with Crippen molar-refractivity contribution in [3.8, 4) is 23.0 Å². The van der Waals surface area contributed by atoms with Gasteiger partial charge in [0, 0.05) is 11.6 Å². The van der Waals surface area contributed by atoms with Crippen molar-refractivity contribution in [1.29, 1.82) is 0 Å². The van der Waals surface area contributed by atoms with Crippen LogP contribution >= 0.6 is 11.6 Å². The number of rotatable bonds is 5. The molecule has 3 N–H and O–H groups in total. The lowest BCUT2D eigenvalue weighted by Crippen LogP contribution is -2.12. The van der Waals surface area contributed by atoms with Gasteiger partial charge in [-0.2, -0.15) is 5.10 Å². The van der Waals surface area contributed by atoms with Crippen molar-refractivity contribution >= 4 is 34.4 Å². The molecule has 0 aliphatic carbocycles. The van der Waals surface area contributed by atoms with Crippen molar-refractivity contribution in [1.82, 2.24) is 20.2 Å². The molecule has 0 aliphatic heterocycles. The van der Waals surface area contributed by atoms with E-state index in [1.54, 1.807) is 25.3 Å². The smallest absolute Gasteiger partial charge is 0.256 e. The van der Waals surface area contributed by atoms with Crippen molar-refractivity contribution < 1.29 is 14.3 Å². The molecule has 8 nitrogen and oxygen atoms in total. The Hall–Kier alpha value is -3.52. The molecule has 1 amide bonds. The average Bonchev–Trinajstić information content (AvgIpc) is 3.34. The highest BCUT2D eigenvalue weighted by Crippen LogP contribution is 2.28. The molecular weight excluding hydrogens is 382 g/mol. The second-order valence-corrected chi connectivity index (χ2v) is 6.32. The fraction of sp³-hybridized carbons (Fsp3) is 0.105. The molecule has 28 heavy (non-hydrogen) atoms. The quantitative estimate of drug-likeness (QED) is 0.474. The van der Waals surface area contributed by atoms with Crippen molar-refractivity contribution in [2.24, 2.45) is 0 Å². The van der Waals surface area contributed by atoms with Crippen molar-refractivity contribution in [2.75, 3.05) is 19.5 Å². The molecule has 2 aromatic heterocycles. The Morgan fingerprint density at radius 2 is 1.93 bits per heavy atom. The van der Waals surface area contributed by atoms with Gasteiger partial charge in [0.2, 0.25) is 0 Å². The van der Waals surface area contributed by atoms with Crippen molar-refractivity contribution in [2.45, 2.75) is 0 Å². The number of hydrogen-bond acceptors (Lipinski definition) is 5. The average molecular weight is 398 g/mol. The SMILES string of the molecule is COc1ccc(C(=O)Nc2cc(-c3nc4c(OC)cccc4[nH]3)[nH]n2)cc1Cl. The summed E-state index contributed by atoms with van der Waals surface area (Å²) in [7, 11) is 3.11. The summed E-state index contributed by atoms with van der Waals surface area (Å²) in [4.78, 5) is 20.2. The van der Waals surface area contributed by atoms with Crippen LogP contribution in [0.5, 0.6) is 11.5 Å². The predicted octanol–water partition coefficient (Wildman–Crippen LogP) is 3.88. The molecule has 4 rings (SSSR count). The van der Waals surface area contributed by atoms with E-state index in [0.29, 0.717) is 44.9 Å². The Morgan fingerprint density at radius 3 is 2.68 bits per heavy atom. The van der Waals surface area contributed by atoms with Gasteiger partial charge in [0.15, 0.2) is 11.6 Å². The number of carbonyl (C=O) groups is 1. The first-order chi connectivity index (χ1) is 13.6. The number of ether oxygens (including phenoxy) is 2. The van der Waals surface area contributed by atoms with Gasteiger partial charge in [-0.3, -0.25) is 9.89 Å². The van der Waals surface area contributed by atoms with Crippen molar-refractivity contribution in [3.63, 3.8) is 0 Å². The van der Waals surface area contributed by atoms with Crippen LogP contribution in [0.1, 0.15) is 10.4 Å². The number of halogens is 1. The Balaban J connectivity index is 1.56. The summed E-state index contributed by atoms with van der Waals surface area (Å²) in [6.07, 6.45) is 0. The lowest BCUT2D eigenvalue weighted by atomic mass is 10.2. The topological polar surface area (TPSA) is 105 Å². The van der Waals surface area contributed by atoms with E-state index in [2.05, 4.69) is 25.5 Å². The van der Waals surface area contributed by atoms with E-state index in [9.17, 15) is 4.79 Å². The van der Waals surface area contributed by atoms with Crippen LogP contribution in [0.25, 0.3) is 22.6 Å². The molecule has 0 fully saturated rings. The normalized spacial score (nSPS) is 10.8. The van der Waals surface area contributed by atoms with E-state index in [0.717, 1.165) is 5.52 Å². The van der Waals surface area contributed by atoms with Gasteiger partial charge in [-0.25, -0.2) is 4.98 Å². The number of imidazole rings is 1. The lowest BCUT2D eigenvalue weighted by molar-refractivity contribution is 0.102. The summed E-state index contributed by atoms with van der Waals surface area (Å²) < 4.78 is 10.4. The number of anilines is 1. The van der Waals surface area contributed by atoms with Gasteiger partial charge in [-0.15, -0.1) is 0 Å². The fourth-order valence-corrected chi connectivity index (χ4v) is 3.06. The summed E-state index contributed by atoms with van der Waals surface area (Å²) in [6, 6.07) is 12.1. The highest BCUT2D eigenvalue weighted by Gasteiger charge is 2.14. The zero-order valence-electron chi connectivity index (χ0n) is 15.0. The number of para-hydroxylation sites is 1. The van der Waals surface area contributed by atoms with Crippen LogP contribution < -0.4 is 14.8 Å². The molecule has 0 saturated carbocycles. The van der Waals surface area contributed by atoms with Crippen LogP contribution in [-0.2, 0) is 0 Å². The second-order valence-electron chi connectivity index (χ2n) is 5.91. The van der Waals surface area contributed by atoms with Gasteiger partial charge in [0.05, 0.1) is 24.8 Å². The third-order valence-corrected chi connectivity index (χ3v) is 4.48. The van der Waals surface area contributed by atoms with Gasteiger partial charge in [0.25, 0.3) is 5.91 Å². The zero-order valence-corrected chi connectivity index (χ0v) is 15.8. The van der Waals surface area contributed by atoms with E-state index in [1.807, 2.05) is 18.2 Å². The number of aromatic nitrogens is 4. The van der Waals surface area contributed by atoms with Gasteiger partial charge in [-0.05, 0) is 30.3 Å². The number of benzene rings is 2. The Labute approximate surface area is 164 Å². The molecule has 0 radical (unpaired) electrons. The number of hydrogen-bond donors (Lipinski definition) is 3. The molecule has 2 heterocycles. The molecular formula is C19H16ClN5O3. The molecule has 0 spiro atoms. The maximum Gasteiger partial charge on any atom is 0.256 e. The van der Waals surface area contributed by atoms with Crippen LogP contribution in [-0.4, -0.2) is 40.3 Å².